The summed E-state index contributed by atoms with van der Waals surface area (Å²) in [5, 5.41) is 1.04. The molecule has 1 rings (SSSR count). The van der Waals surface area contributed by atoms with Crippen LogP contribution in [0.5, 0.6) is 0 Å². The van der Waals surface area contributed by atoms with Crippen LogP contribution in [-0.4, -0.2) is 15.9 Å². The van der Waals surface area contributed by atoms with E-state index >= 15 is 0 Å². The molecule has 14 heavy (non-hydrogen) atoms. The maximum Gasteiger partial charge on any atom is 0.0250 e. The minimum absolute atomic E-state index is 0.616. The Morgan fingerprint density at radius 2 is 1.93 bits per heavy atom. The fraction of sp³-hybridized carbons (Fsp3) is 0.455. The summed E-state index contributed by atoms with van der Waals surface area (Å²) in [5.74, 6) is 2.35. The highest BCUT2D eigenvalue weighted by molar-refractivity contribution is 9.12. The Bertz CT molecular complexity index is 238. The Hall–Kier alpha value is 0.530. The van der Waals surface area contributed by atoms with Crippen molar-refractivity contribution >= 4 is 43.6 Å². The van der Waals surface area contributed by atoms with Gasteiger partial charge in [-0.2, -0.15) is 11.8 Å². The number of benzene rings is 1. The van der Waals surface area contributed by atoms with E-state index < -0.39 is 0 Å². The van der Waals surface area contributed by atoms with Gasteiger partial charge in [-0.05, 0) is 17.7 Å². The first-order valence-corrected chi connectivity index (χ1v) is 7.84. The molecule has 0 spiro atoms. The van der Waals surface area contributed by atoms with E-state index in [1.807, 2.05) is 11.8 Å². The van der Waals surface area contributed by atoms with Crippen molar-refractivity contribution in [3.8, 4) is 0 Å². The summed E-state index contributed by atoms with van der Waals surface area (Å²) in [7, 11) is 0. The second-order valence-corrected chi connectivity index (χ2v) is 6.13. The van der Waals surface area contributed by atoms with E-state index in [4.69, 9.17) is 0 Å². The predicted molar refractivity (Wildman–Crippen MR) is 73.7 cm³/mol. The van der Waals surface area contributed by atoms with Crippen LogP contribution in [-0.2, 0) is 5.75 Å². The Labute approximate surface area is 107 Å². The summed E-state index contributed by atoms with van der Waals surface area (Å²) >= 11 is 9.06. The molecule has 1 aromatic rings. The predicted octanol–water partition coefficient (Wildman–Crippen LogP) is 4.47. The molecule has 0 saturated carbocycles. The topological polar surface area (TPSA) is 0 Å². The van der Waals surface area contributed by atoms with Gasteiger partial charge in [-0.1, -0.05) is 62.2 Å². The zero-order valence-electron chi connectivity index (χ0n) is 7.96. The molecule has 0 aliphatic carbocycles. The first-order valence-electron chi connectivity index (χ1n) is 4.64. The minimum Gasteiger partial charge on any atom is -0.157 e. The molecule has 1 atom stereocenters. The van der Waals surface area contributed by atoms with Crippen LogP contribution in [0.15, 0.2) is 30.3 Å². The Morgan fingerprint density at radius 3 is 2.57 bits per heavy atom. The van der Waals surface area contributed by atoms with E-state index in [-0.39, 0.29) is 0 Å². The smallest absolute Gasteiger partial charge is 0.0250 e. The quantitative estimate of drug-likeness (QED) is 0.545. The van der Waals surface area contributed by atoms with Gasteiger partial charge >= 0.3 is 0 Å². The number of halogens is 2. The molecular weight excluding hydrogens is 324 g/mol. The van der Waals surface area contributed by atoms with E-state index in [0.717, 1.165) is 11.1 Å². The third kappa shape index (κ3) is 5.42. The zero-order valence-corrected chi connectivity index (χ0v) is 11.9. The number of rotatable bonds is 6. The van der Waals surface area contributed by atoms with Crippen molar-refractivity contribution in [2.45, 2.75) is 17.0 Å². The summed E-state index contributed by atoms with van der Waals surface area (Å²) < 4.78 is 0. The van der Waals surface area contributed by atoms with E-state index in [1.54, 1.807) is 0 Å². The number of alkyl halides is 2. The van der Waals surface area contributed by atoms with Crippen molar-refractivity contribution in [1.29, 1.82) is 0 Å². The van der Waals surface area contributed by atoms with Crippen molar-refractivity contribution < 1.29 is 0 Å². The normalized spacial score (nSPS) is 12.7. The lowest BCUT2D eigenvalue weighted by Gasteiger charge is -2.05. The molecule has 0 fully saturated rings. The van der Waals surface area contributed by atoms with Crippen molar-refractivity contribution in [2.75, 3.05) is 11.1 Å². The van der Waals surface area contributed by atoms with Gasteiger partial charge in [0, 0.05) is 15.9 Å². The summed E-state index contributed by atoms with van der Waals surface area (Å²) in [6, 6.07) is 10.6. The van der Waals surface area contributed by atoms with Gasteiger partial charge in [0.05, 0.1) is 0 Å². The molecule has 0 amide bonds. The van der Waals surface area contributed by atoms with Crippen LogP contribution in [0.2, 0.25) is 0 Å². The molecule has 0 aliphatic rings. The molecule has 1 unspecified atom stereocenters. The molecule has 1 aromatic carbocycles. The average Bonchev–Trinajstić information content (AvgIpc) is 2.25. The van der Waals surface area contributed by atoms with Gasteiger partial charge in [-0.15, -0.1) is 0 Å². The largest absolute Gasteiger partial charge is 0.157 e. The molecule has 78 valence electrons. The van der Waals surface area contributed by atoms with Crippen LogP contribution < -0.4 is 0 Å². The lowest BCUT2D eigenvalue weighted by Crippen LogP contribution is -2.00. The molecule has 0 heterocycles. The van der Waals surface area contributed by atoms with Crippen molar-refractivity contribution in [1.82, 2.24) is 0 Å². The standard InChI is InChI=1S/C11H14Br2S/c12-8-11(13)6-7-14-9-10-4-2-1-3-5-10/h1-5,11H,6-9H2. The monoisotopic (exact) mass is 336 g/mol. The third-order valence-corrected chi connectivity index (χ3v) is 5.35. The van der Waals surface area contributed by atoms with E-state index in [9.17, 15) is 0 Å². The Balaban J connectivity index is 2.10. The van der Waals surface area contributed by atoms with E-state index in [0.29, 0.717) is 4.83 Å². The van der Waals surface area contributed by atoms with Gasteiger partial charge in [-0.25, -0.2) is 0 Å². The number of hydrogen-bond acceptors (Lipinski definition) is 1. The molecular formula is C11H14Br2S. The second kappa shape index (κ2) is 7.77. The fourth-order valence-electron chi connectivity index (χ4n) is 1.05. The molecule has 3 heteroatoms. The van der Waals surface area contributed by atoms with Gasteiger partial charge in [0.1, 0.15) is 0 Å². The zero-order chi connectivity index (χ0) is 10.2. The maximum absolute atomic E-state index is 3.60. The molecule has 0 radical (unpaired) electrons. The van der Waals surface area contributed by atoms with Gasteiger partial charge in [0.15, 0.2) is 0 Å². The summed E-state index contributed by atoms with van der Waals surface area (Å²) in [6.45, 7) is 0. The van der Waals surface area contributed by atoms with Crippen molar-refractivity contribution in [3.05, 3.63) is 35.9 Å². The van der Waals surface area contributed by atoms with E-state index in [2.05, 4.69) is 62.2 Å². The molecule has 0 nitrogen and oxygen atoms in total. The molecule has 0 bridgehead atoms. The van der Waals surface area contributed by atoms with Crippen LogP contribution in [0.1, 0.15) is 12.0 Å². The SMILES string of the molecule is BrCC(Br)CCSCc1ccccc1. The summed E-state index contributed by atoms with van der Waals surface area (Å²) in [4.78, 5) is 0.616. The molecule has 0 aromatic heterocycles. The van der Waals surface area contributed by atoms with Crippen LogP contribution >= 0.6 is 43.6 Å². The lowest BCUT2D eigenvalue weighted by molar-refractivity contribution is 0.949. The van der Waals surface area contributed by atoms with Gasteiger partial charge < -0.3 is 0 Å². The molecule has 0 N–H and O–H groups in total. The minimum atomic E-state index is 0.616. The highest BCUT2D eigenvalue weighted by Gasteiger charge is 2.00. The van der Waals surface area contributed by atoms with Gasteiger partial charge in [0.2, 0.25) is 0 Å². The third-order valence-electron chi connectivity index (χ3n) is 1.85. The van der Waals surface area contributed by atoms with Crippen molar-refractivity contribution in [3.63, 3.8) is 0 Å². The first-order chi connectivity index (χ1) is 6.83. The second-order valence-electron chi connectivity index (χ2n) is 3.08. The van der Waals surface area contributed by atoms with Crippen LogP contribution in [0, 0.1) is 0 Å². The van der Waals surface area contributed by atoms with E-state index in [1.165, 1.54) is 17.7 Å². The van der Waals surface area contributed by atoms with Crippen LogP contribution in [0.4, 0.5) is 0 Å². The Kier molecular flexibility index (Phi) is 7.00. The summed E-state index contributed by atoms with van der Waals surface area (Å²) in [6.07, 6.45) is 1.22. The van der Waals surface area contributed by atoms with Gasteiger partial charge in [0.25, 0.3) is 0 Å². The van der Waals surface area contributed by atoms with Crippen LogP contribution in [0.25, 0.3) is 0 Å². The average molecular weight is 338 g/mol. The highest BCUT2D eigenvalue weighted by Crippen LogP contribution is 2.16. The molecule has 0 saturated heterocycles. The number of thioether (sulfide) groups is 1. The first kappa shape index (κ1) is 12.6. The highest BCUT2D eigenvalue weighted by atomic mass is 79.9. The maximum atomic E-state index is 3.60. The van der Waals surface area contributed by atoms with Crippen LogP contribution in [0.3, 0.4) is 0 Å². The summed E-state index contributed by atoms with van der Waals surface area (Å²) in [5.41, 5.74) is 1.42. The lowest BCUT2D eigenvalue weighted by atomic mass is 10.2. The Morgan fingerprint density at radius 1 is 1.21 bits per heavy atom. The fourth-order valence-corrected chi connectivity index (χ4v) is 2.93. The van der Waals surface area contributed by atoms with Gasteiger partial charge in [-0.3, -0.25) is 0 Å². The number of hydrogen-bond donors (Lipinski definition) is 0. The van der Waals surface area contributed by atoms with Crippen molar-refractivity contribution in [2.24, 2.45) is 0 Å². The molecule has 0 aliphatic heterocycles.